The van der Waals surface area contributed by atoms with Crippen molar-refractivity contribution < 1.29 is 19.1 Å². The van der Waals surface area contributed by atoms with Crippen molar-refractivity contribution in [2.75, 3.05) is 13.3 Å². The van der Waals surface area contributed by atoms with Crippen molar-refractivity contribution in [3.63, 3.8) is 0 Å². The Morgan fingerprint density at radius 2 is 2.17 bits per heavy atom. The van der Waals surface area contributed by atoms with Crippen LogP contribution in [0.2, 0.25) is 0 Å². The molecule has 2 amide bonds. The van der Waals surface area contributed by atoms with Crippen LogP contribution in [0.25, 0.3) is 0 Å². The standard InChI is InChI=1S/C15H15N3O4S/c1-2-18-14(20)10(13(19)17-15(18)23)7-16-6-9-3-4-11-12(5-9)22-8-21-11/h3-5,7,10H,2,6,8H2,1H3,(H,17,19,23)/t10-/m0/s1. The fourth-order valence-electron chi connectivity index (χ4n) is 2.36. The molecule has 1 fully saturated rings. The van der Waals surface area contributed by atoms with Gasteiger partial charge < -0.3 is 14.8 Å². The second-order valence-corrected chi connectivity index (χ2v) is 5.42. The second kappa shape index (κ2) is 6.33. The zero-order valence-corrected chi connectivity index (χ0v) is 13.3. The number of carbonyl (C=O) groups excluding carboxylic acids is 2. The normalized spacial score (nSPS) is 20.3. The van der Waals surface area contributed by atoms with E-state index in [2.05, 4.69) is 10.3 Å². The number of aliphatic imine (C=N–C) groups is 1. The SMILES string of the molecule is CCN1C(=O)[C@@H](C=NCc2ccc3c(c2)OCO3)C(=O)NC1=S. The first-order chi connectivity index (χ1) is 11.1. The van der Waals surface area contributed by atoms with Crippen molar-refractivity contribution in [2.24, 2.45) is 10.9 Å². The summed E-state index contributed by atoms with van der Waals surface area (Å²) in [7, 11) is 0. The molecule has 1 saturated heterocycles. The van der Waals surface area contributed by atoms with E-state index in [9.17, 15) is 9.59 Å². The van der Waals surface area contributed by atoms with Gasteiger partial charge in [0.15, 0.2) is 22.5 Å². The highest BCUT2D eigenvalue weighted by Gasteiger charge is 2.36. The zero-order chi connectivity index (χ0) is 16.4. The van der Waals surface area contributed by atoms with Crippen LogP contribution in [0.4, 0.5) is 0 Å². The minimum atomic E-state index is -0.948. The summed E-state index contributed by atoms with van der Waals surface area (Å²) in [6.07, 6.45) is 1.37. The van der Waals surface area contributed by atoms with Crippen molar-refractivity contribution in [1.29, 1.82) is 0 Å². The number of thiocarbonyl (C=S) groups is 1. The van der Waals surface area contributed by atoms with E-state index >= 15 is 0 Å². The minimum Gasteiger partial charge on any atom is -0.454 e. The van der Waals surface area contributed by atoms with Gasteiger partial charge in [-0.3, -0.25) is 19.5 Å². The lowest BCUT2D eigenvalue weighted by molar-refractivity contribution is -0.137. The molecule has 0 radical (unpaired) electrons. The van der Waals surface area contributed by atoms with Crippen molar-refractivity contribution in [3.05, 3.63) is 23.8 Å². The number of fused-ring (bicyclic) bond motifs is 1. The molecule has 0 aromatic heterocycles. The molecule has 0 spiro atoms. The van der Waals surface area contributed by atoms with Gasteiger partial charge in [-0.15, -0.1) is 0 Å². The van der Waals surface area contributed by atoms with Crippen LogP contribution in [0.3, 0.4) is 0 Å². The lowest BCUT2D eigenvalue weighted by Crippen LogP contribution is -2.58. The number of nitrogens with zero attached hydrogens (tertiary/aromatic N) is 2. The largest absolute Gasteiger partial charge is 0.454 e. The molecule has 8 heteroatoms. The number of benzene rings is 1. The summed E-state index contributed by atoms with van der Waals surface area (Å²) in [4.78, 5) is 29.7. The van der Waals surface area contributed by atoms with Crippen LogP contribution in [0.1, 0.15) is 12.5 Å². The van der Waals surface area contributed by atoms with E-state index in [0.29, 0.717) is 24.6 Å². The predicted molar refractivity (Wildman–Crippen MR) is 86.4 cm³/mol. The number of rotatable bonds is 4. The Morgan fingerprint density at radius 3 is 2.96 bits per heavy atom. The minimum absolute atomic E-state index is 0.142. The van der Waals surface area contributed by atoms with Gasteiger partial charge in [-0.05, 0) is 36.8 Å². The van der Waals surface area contributed by atoms with Crippen molar-refractivity contribution in [2.45, 2.75) is 13.5 Å². The molecule has 0 unspecified atom stereocenters. The molecule has 7 nitrogen and oxygen atoms in total. The van der Waals surface area contributed by atoms with Crippen LogP contribution in [0.5, 0.6) is 11.5 Å². The number of hydrogen-bond donors (Lipinski definition) is 1. The van der Waals surface area contributed by atoms with Crippen molar-refractivity contribution >= 4 is 35.4 Å². The summed E-state index contributed by atoms with van der Waals surface area (Å²) in [5.74, 6) is -0.371. The van der Waals surface area contributed by atoms with Gasteiger partial charge in [-0.25, -0.2) is 0 Å². The maximum absolute atomic E-state index is 12.2. The van der Waals surface area contributed by atoms with E-state index in [1.807, 2.05) is 18.2 Å². The third-order valence-electron chi connectivity index (χ3n) is 3.57. The average Bonchev–Trinajstić information content (AvgIpc) is 2.98. The Morgan fingerprint density at radius 1 is 1.39 bits per heavy atom. The number of nitrogens with one attached hydrogen (secondary N) is 1. The molecule has 1 atom stereocenters. The smallest absolute Gasteiger partial charge is 0.246 e. The summed E-state index contributed by atoms with van der Waals surface area (Å²) < 4.78 is 10.5. The average molecular weight is 333 g/mol. The van der Waals surface area contributed by atoms with Gasteiger partial charge in [0.2, 0.25) is 18.6 Å². The lowest BCUT2D eigenvalue weighted by atomic mass is 10.1. The molecule has 0 saturated carbocycles. The van der Waals surface area contributed by atoms with Crippen LogP contribution in [-0.4, -0.2) is 41.4 Å². The summed E-state index contributed by atoms with van der Waals surface area (Å²) >= 11 is 4.97. The quantitative estimate of drug-likeness (QED) is 0.502. The van der Waals surface area contributed by atoms with Crippen molar-refractivity contribution in [3.8, 4) is 11.5 Å². The summed E-state index contributed by atoms with van der Waals surface area (Å²) in [6.45, 7) is 2.75. The van der Waals surface area contributed by atoms with Gasteiger partial charge in [-0.1, -0.05) is 6.07 Å². The third kappa shape index (κ3) is 3.02. The van der Waals surface area contributed by atoms with Crippen LogP contribution in [-0.2, 0) is 16.1 Å². The third-order valence-corrected chi connectivity index (χ3v) is 3.89. The highest BCUT2D eigenvalue weighted by Crippen LogP contribution is 2.32. The molecular weight excluding hydrogens is 318 g/mol. The number of carbonyl (C=O) groups is 2. The molecular formula is C15H15N3O4S. The van der Waals surface area contributed by atoms with Gasteiger partial charge in [0, 0.05) is 12.8 Å². The molecule has 23 heavy (non-hydrogen) atoms. The predicted octanol–water partition coefficient (Wildman–Crippen LogP) is 0.865. The van der Waals surface area contributed by atoms with Crippen molar-refractivity contribution in [1.82, 2.24) is 10.2 Å². The molecule has 1 aromatic carbocycles. The maximum Gasteiger partial charge on any atom is 0.246 e. The van der Waals surface area contributed by atoms with Gasteiger partial charge in [-0.2, -0.15) is 0 Å². The molecule has 1 aromatic rings. The van der Waals surface area contributed by atoms with E-state index < -0.39 is 11.8 Å². The lowest BCUT2D eigenvalue weighted by Gasteiger charge is -2.29. The highest BCUT2D eigenvalue weighted by atomic mass is 32.1. The second-order valence-electron chi connectivity index (χ2n) is 5.03. The Kier molecular flexibility index (Phi) is 4.24. The molecule has 2 aliphatic rings. The Balaban J connectivity index is 1.68. The number of amides is 2. The van der Waals surface area contributed by atoms with Crippen LogP contribution >= 0.6 is 12.2 Å². The number of hydrogen-bond acceptors (Lipinski definition) is 6. The Labute approximate surface area is 138 Å². The Hall–Kier alpha value is -2.48. The molecule has 0 bridgehead atoms. The summed E-state index contributed by atoms with van der Waals surface area (Å²) in [6, 6.07) is 5.50. The van der Waals surface area contributed by atoms with Gasteiger partial charge in [0.05, 0.1) is 6.54 Å². The fourth-order valence-corrected chi connectivity index (χ4v) is 2.68. The van der Waals surface area contributed by atoms with E-state index in [4.69, 9.17) is 21.7 Å². The number of ether oxygens (including phenoxy) is 2. The van der Waals surface area contributed by atoms with E-state index in [-0.39, 0.29) is 17.8 Å². The van der Waals surface area contributed by atoms with E-state index in [0.717, 1.165) is 5.56 Å². The van der Waals surface area contributed by atoms with Gasteiger partial charge in [0.1, 0.15) is 0 Å². The molecule has 3 rings (SSSR count). The Bertz CT molecular complexity index is 704. The van der Waals surface area contributed by atoms with E-state index in [1.54, 1.807) is 6.92 Å². The van der Waals surface area contributed by atoms with Crippen LogP contribution < -0.4 is 14.8 Å². The first-order valence-corrected chi connectivity index (χ1v) is 7.55. The molecule has 2 heterocycles. The van der Waals surface area contributed by atoms with Crippen LogP contribution in [0.15, 0.2) is 23.2 Å². The molecule has 1 N–H and O–H groups in total. The van der Waals surface area contributed by atoms with Gasteiger partial charge in [0.25, 0.3) is 0 Å². The van der Waals surface area contributed by atoms with Crippen LogP contribution in [0, 0.1) is 5.92 Å². The maximum atomic E-state index is 12.2. The molecule has 0 aliphatic carbocycles. The fraction of sp³-hybridized carbons (Fsp3) is 0.333. The zero-order valence-electron chi connectivity index (χ0n) is 12.4. The first kappa shape index (κ1) is 15.4. The topological polar surface area (TPSA) is 80.2 Å². The monoisotopic (exact) mass is 333 g/mol. The molecule has 120 valence electrons. The summed E-state index contributed by atoms with van der Waals surface area (Å²) in [5, 5.41) is 2.65. The summed E-state index contributed by atoms with van der Waals surface area (Å²) in [5.41, 5.74) is 0.900. The van der Waals surface area contributed by atoms with Gasteiger partial charge >= 0.3 is 0 Å². The first-order valence-electron chi connectivity index (χ1n) is 7.15. The van der Waals surface area contributed by atoms with E-state index in [1.165, 1.54) is 11.1 Å². The molecule has 2 aliphatic heterocycles. The highest BCUT2D eigenvalue weighted by molar-refractivity contribution is 7.80.